The van der Waals surface area contributed by atoms with Crippen LogP contribution in [0.1, 0.15) is 15.9 Å². The van der Waals surface area contributed by atoms with Crippen molar-refractivity contribution in [1.82, 2.24) is 0 Å². The second-order valence-corrected chi connectivity index (χ2v) is 5.47. The predicted octanol–water partition coefficient (Wildman–Crippen LogP) is 1.71. The molecule has 1 rings (SSSR count). The number of hydrogen-bond donors (Lipinski definition) is 0. The van der Waals surface area contributed by atoms with E-state index in [2.05, 4.69) is 4.74 Å². The first-order valence-electron chi connectivity index (χ1n) is 4.00. The van der Waals surface area contributed by atoms with E-state index in [1.807, 2.05) is 0 Å². The minimum atomic E-state index is -3.75. The molecule has 0 aliphatic rings. The molecule has 0 bridgehead atoms. The Morgan fingerprint density at radius 3 is 2.40 bits per heavy atom. The topological polar surface area (TPSA) is 60.4 Å². The second-order valence-electron chi connectivity index (χ2n) is 2.91. The number of aryl methyl sites for hydroxylation is 1. The average molecular weight is 249 g/mol. The van der Waals surface area contributed by atoms with Crippen LogP contribution in [0, 0.1) is 6.92 Å². The van der Waals surface area contributed by atoms with Crippen molar-refractivity contribution in [1.29, 1.82) is 0 Å². The smallest absolute Gasteiger partial charge is 0.338 e. The van der Waals surface area contributed by atoms with Crippen molar-refractivity contribution in [3.8, 4) is 0 Å². The van der Waals surface area contributed by atoms with Crippen molar-refractivity contribution in [2.75, 3.05) is 7.11 Å². The molecule has 6 heteroatoms. The number of hydrogen-bond acceptors (Lipinski definition) is 4. The van der Waals surface area contributed by atoms with E-state index in [0.29, 0.717) is 11.1 Å². The lowest BCUT2D eigenvalue weighted by Crippen LogP contribution is -2.04. The molecule has 0 heterocycles. The molecule has 0 spiro atoms. The van der Waals surface area contributed by atoms with Crippen LogP contribution in [0.15, 0.2) is 23.1 Å². The number of carbonyl (C=O) groups excluding carboxylic acids is 1. The lowest BCUT2D eigenvalue weighted by Gasteiger charge is -2.04. The third-order valence-corrected chi connectivity index (χ3v) is 3.24. The Morgan fingerprint density at radius 1 is 1.40 bits per heavy atom. The first kappa shape index (κ1) is 12.0. The molecule has 82 valence electrons. The van der Waals surface area contributed by atoms with Gasteiger partial charge in [-0.25, -0.2) is 13.2 Å². The van der Waals surface area contributed by atoms with Crippen LogP contribution in [0.2, 0.25) is 0 Å². The van der Waals surface area contributed by atoms with Gasteiger partial charge in [0.05, 0.1) is 17.6 Å². The van der Waals surface area contributed by atoms with Crippen LogP contribution in [0.4, 0.5) is 0 Å². The maximum atomic E-state index is 11.2. The largest absolute Gasteiger partial charge is 0.465 e. The summed E-state index contributed by atoms with van der Waals surface area (Å²) in [5, 5.41) is 0. The Labute approximate surface area is 92.2 Å². The van der Waals surface area contributed by atoms with Crippen LogP contribution in [-0.4, -0.2) is 21.5 Å². The summed E-state index contributed by atoms with van der Waals surface area (Å²) in [5.41, 5.74) is 0.824. The van der Waals surface area contributed by atoms with Crippen molar-refractivity contribution in [3.63, 3.8) is 0 Å². The van der Waals surface area contributed by atoms with Gasteiger partial charge in [0.25, 0.3) is 9.05 Å². The first-order chi connectivity index (χ1) is 6.86. The number of rotatable bonds is 2. The van der Waals surface area contributed by atoms with Gasteiger partial charge in [-0.3, -0.25) is 0 Å². The van der Waals surface area contributed by atoms with Crippen molar-refractivity contribution < 1.29 is 17.9 Å². The van der Waals surface area contributed by atoms with Gasteiger partial charge in [-0.05, 0) is 30.7 Å². The summed E-state index contributed by atoms with van der Waals surface area (Å²) in [7, 11) is 2.66. The summed E-state index contributed by atoms with van der Waals surface area (Å²) in [5.74, 6) is -0.508. The van der Waals surface area contributed by atoms with Gasteiger partial charge >= 0.3 is 5.97 Å². The number of benzene rings is 1. The van der Waals surface area contributed by atoms with E-state index >= 15 is 0 Å². The third kappa shape index (κ3) is 2.70. The molecule has 0 radical (unpaired) electrons. The summed E-state index contributed by atoms with van der Waals surface area (Å²) in [6.45, 7) is 1.61. The molecule has 0 N–H and O–H groups in total. The average Bonchev–Trinajstić information content (AvgIpc) is 2.15. The van der Waals surface area contributed by atoms with E-state index < -0.39 is 15.0 Å². The molecule has 0 aliphatic carbocycles. The van der Waals surface area contributed by atoms with E-state index in [0.717, 1.165) is 0 Å². The second kappa shape index (κ2) is 4.20. The molecule has 0 amide bonds. The Hall–Kier alpha value is -1.07. The normalized spacial score (nSPS) is 11.1. The van der Waals surface area contributed by atoms with E-state index in [4.69, 9.17) is 10.7 Å². The number of ether oxygens (including phenoxy) is 1. The molecule has 15 heavy (non-hydrogen) atoms. The van der Waals surface area contributed by atoms with E-state index in [1.165, 1.54) is 25.3 Å². The van der Waals surface area contributed by atoms with Crippen molar-refractivity contribution in [2.45, 2.75) is 11.8 Å². The molecule has 0 atom stereocenters. The highest BCUT2D eigenvalue weighted by molar-refractivity contribution is 8.13. The summed E-state index contributed by atoms with van der Waals surface area (Å²) < 4.78 is 26.5. The summed E-state index contributed by atoms with van der Waals surface area (Å²) in [6, 6.07) is 3.96. The van der Waals surface area contributed by atoms with E-state index in [-0.39, 0.29) is 4.90 Å². The lowest BCUT2D eigenvalue weighted by atomic mass is 10.1. The molecule has 1 aromatic rings. The summed E-state index contributed by atoms with van der Waals surface area (Å²) in [6.07, 6.45) is 0. The number of methoxy groups -OCH3 is 1. The number of esters is 1. The van der Waals surface area contributed by atoms with Crippen LogP contribution in [0.5, 0.6) is 0 Å². The molecule has 0 unspecified atom stereocenters. The van der Waals surface area contributed by atoms with Crippen LogP contribution >= 0.6 is 10.7 Å². The first-order valence-corrected chi connectivity index (χ1v) is 6.31. The Bertz CT molecular complexity index is 493. The zero-order chi connectivity index (χ0) is 11.6. The van der Waals surface area contributed by atoms with Crippen LogP contribution in [0.3, 0.4) is 0 Å². The molecule has 0 fully saturated rings. The number of carbonyl (C=O) groups is 1. The molecular weight excluding hydrogens is 240 g/mol. The van der Waals surface area contributed by atoms with E-state index in [9.17, 15) is 13.2 Å². The molecule has 0 aliphatic heterocycles. The Morgan fingerprint density at radius 2 is 2.00 bits per heavy atom. The molecule has 0 aromatic heterocycles. The van der Waals surface area contributed by atoms with Crippen LogP contribution in [-0.2, 0) is 13.8 Å². The highest BCUT2D eigenvalue weighted by Gasteiger charge is 2.14. The predicted molar refractivity (Wildman–Crippen MR) is 55.6 cm³/mol. The Balaban J connectivity index is 3.27. The van der Waals surface area contributed by atoms with Crippen molar-refractivity contribution in [2.24, 2.45) is 0 Å². The summed E-state index contributed by atoms with van der Waals surface area (Å²) >= 11 is 0. The van der Waals surface area contributed by atoms with Crippen LogP contribution in [0.25, 0.3) is 0 Å². The summed E-state index contributed by atoms with van der Waals surface area (Å²) in [4.78, 5) is 11.2. The maximum Gasteiger partial charge on any atom is 0.338 e. The van der Waals surface area contributed by atoms with Gasteiger partial charge in [-0.2, -0.15) is 0 Å². The minimum Gasteiger partial charge on any atom is -0.465 e. The van der Waals surface area contributed by atoms with Gasteiger partial charge in [-0.1, -0.05) is 0 Å². The standard InChI is InChI=1S/C9H9ClO4S/c1-6-5-7(15(10,12)13)3-4-8(6)9(11)14-2/h3-5H,1-2H3. The highest BCUT2D eigenvalue weighted by atomic mass is 35.7. The maximum absolute atomic E-state index is 11.2. The van der Waals surface area contributed by atoms with Gasteiger partial charge in [0.1, 0.15) is 0 Å². The van der Waals surface area contributed by atoms with Crippen molar-refractivity contribution >= 4 is 25.7 Å². The Kier molecular flexibility index (Phi) is 3.36. The highest BCUT2D eigenvalue weighted by Crippen LogP contribution is 2.19. The third-order valence-electron chi connectivity index (χ3n) is 1.88. The molecular formula is C9H9ClO4S. The molecule has 4 nitrogen and oxygen atoms in total. The van der Waals surface area contributed by atoms with Gasteiger partial charge in [0, 0.05) is 10.7 Å². The van der Waals surface area contributed by atoms with Gasteiger partial charge < -0.3 is 4.74 Å². The lowest BCUT2D eigenvalue weighted by molar-refractivity contribution is 0.0600. The fraction of sp³-hybridized carbons (Fsp3) is 0.222. The van der Waals surface area contributed by atoms with Crippen LogP contribution < -0.4 is 0 Å². The minimum absolute atomic E-state index is 0.0330. The monoisotopic (exact) mass is 248 g/mol. The van der Waals surface area contributed by atoms with Gasteiger partial charge in [-0.15, -0.1) is 0 Å². The van der Waals surface area contributed by atoms with Crippen molar-refractivity contribution in [3.05, 3.63) is 29.3 Å². The molecule has 1 aromatic carbocycles. The quantitative estimate of drug-likeness (QED) is 0.591. The molecule has 0 saturated heterocycles. The fourth-order valence-corrected chi connectivity index (χ4v) is 1.96. The van der Waals surface area contributed by atoms with Gasteiger partial charge in [0.15, 0.2) is 0 Å². The van der Waals surface area contributed by atoms with Gasteiger partial charge in [0.2, 0.25) is 0 Å². The number of halogens is 1. The molecule has 0 saturated carbocycles. The van der Waals surface area contributed by atoms with E-state index in [1.54, 1.807) is 6.92 Å². The fourth-order valence-electron chi connectivity index (χ4n) is 1.13. The zero-order valence-electron chi connectivity index (χ0n) is 8.15. The zero-order valence-corrected chi connectivity index (χ0v) is 9.72. The SMILES string of the molecule is COC(=O)c1ccc(S(=O)(=O)Cl)cc1C.